The summed E-state index contributed by atoms with van der Waals surface area (Å²) in [6, 6.07) is 17.8. The van der Waals surface area contributed by atoms with Crippen molar-refractivity contribution < 1.29 is 0 Å². The van der Waals surface area contributed by atoms with Gasteiger partial charge in [-0.1, -0.05) is 29.8 Å². The number of fused-ring (bicyclic) bond motifs is 2. The Morgan fingerprint density at radius 2 is 1.23 bits per heavy atom. The van der Waals surface area contributed by atoms with Crippen molar-refractivity contribution in [1.29, 1.82) is 15.8 Å². The third-order valence-corrected chi connectivity index (χ3v) is 5.97. The van der Waals surface area contributed by atoms with Crippen LogP contribution in [0.4, 0.5) is 5.69 Å². The van der Waals surface area contributed by atoms with Gasteiger partial charge in [0, 0.05) is 16.2 Å². The first-order valence-electron chi connectivity index (χ1n) is 9.34. The Bertz CT molecular complexity index is 1730. The maximum Gasteiger partial charge on any atom is 0.195 e. The third-order valence-electron chi connectivity index (χ3n) is 5.97. The van der Waals surface area contributed by atoms with Gasteiger partial charge in [0.25, 0.3) is 0 Å². The second kappa shape index (κ2) is 5.93. The zero-order valence-electron chi connectivity index (χ0n) is 16.3. The summed E-state index contributed by atoms with van der Waals surface area (Å²) in [5.74, 6) is 0. The highest BCUT2D eigenvalue weighted by Gasteiger charge is 2.22. The first-order valence-corrected chi connectivity index (χ1v) is 9.34. The van der Waals surface area contributed by atoms with Gasteiger partial charge >= 0.3 is 0 Å². The Morgan fingerprint density at radius 1 is 0.633 bits per heavy atom. The Balaban J connectivity index is 2.34. The standard InChI is InChI=1S/C26H12N4/c1-13-4-6-19-24-18(7-5-15(10-27)21(13)24)23-17(12-29)9-16(11-28)22-14(2)8-20(30-3)25(19)26(22)23/h4-9H,1-2H3. The van der Waals surface area contributed by atoms with Crippen molar-refractivity contribution in [3.05, 3.63) is 75.6 Å². The van der Waals surface area contributed by atoms with Gasteiger partial charge in [-0.25, -0.2) is 4.85 Å². The molecule has 4 nitrogen and oxygen atoms in total. The maximum atomic E-state index is 9.93. The van der Waals surface area contributed by atoms with E-state index in [0.29, 0.717) is 22.4 Å². The predicted molar refractivity (Wildman–Crippen MR) is 118 cm³/mol. The second-order valence-corrected chi connectivity index (χ2v) is 7.47. The summed E-state index contributed by atoms with van der Waals surface area (Å²) < 4.78 is 0. The van der Waals surface area contributed by atoms with Crippen LogP contribution in [0.1, 0.15) is 27.8 Å². The van der Waals surface area contributed by atoms with Crippen LogP contribution in [0, 0.1) is 54.4 Å². The van der Waals surface area contributed by atoms with Gasteiger partial charge in [0.1, 0.15) is 0 Å². The first kappa shape index (κ1) is 17.5. The number of hydrogen-bond donors (Lipinski definition) is 0. The minimum Gasteiger partial charge on any atom is -0.237 e. The fraction of sp³-hybridized carbons (Fsp3) is 0.0769. The topological polar surface area (TPSA) is 75.7 Å². The molecule has 0 radical (unpaired) electrons. The molecule has 0 spiro atoms. The molecule has 0 heterocycles. The molecule has 0 saturated carbocycles. The van der Waals surface area contributed by atoms with Crippen LogP contribution in [0.25, 0.3) is 47.9 Å². The molecule has 5 aromatic rings. The van der Waals surface area contributed by atoms with Crippen LogP contribution in [0.2, 0.25) is 0 Å². The molecular weight excluding hydrogens is 368 g/mol. The van der Waals surface area contributed by atoms with Gasteiger partial charge in [0.05, 0.1) is 41.5 Å². The molecule has 0 saturated heterocycles. The van der Waals surface area contributed by atoms with E-state index in [4.69, 9.17) is 6.57 Å². The number of nitriles is 3. The van der Waals surface area contributed by atoms with Crippen molar-refractivity contribution in [1.82, 2.24) is 0 Å². The highest BCUT2D eigenvalue weighted by molar-refractivity contribution is 6.37. The Morgan fingerprint density at radius 3 is 1.90 bits per heavy atom. The van der Waals surface area contributed by atoms with Crippen molar-refractivity contribution in [3.8, 4) is 18.2 Å². The summed E-state index contributed by atoms with van der Waals surface area (Å²) in [6.45, 7) is 11.6. The normalized spacial score (nSPS) is 10.9. The Labute approximate surface area is 172 Å². The van der Waals surface area contributed by atoms with Crippen molar-refractivity contribution in [2.45, 2.75) is 13.8 Å². The lowest BCUT2D eigenvalue weighted by Crippen LogP contribution is -1.96. The van der Waals surface area contributed by atoms with Crippen molar-refractivity contribution >= 4 is 48.8 Å². The molecule has 136 valence electrons. The first-order chi connectivity index (χ1) is 14.5. The van der Waals surface area contributed by atoms with Crippen LogP contribution in [0.5, 0.6) is 0 Å². The SMILES string of the molecule is [C-]#[N+]c1cc(C)c2c(C#N)cc(C#N)c3c4ccc(C#N)c5c(C)ccc(c1c23)c54. The molecule has 5 rings (SSSR count). The van der Waals surface area contributed by atoms with Crippen LogP contribution < -0.4 is 0 Å². The molecule has 0 amide bonds. The van der Waals surface area contributed by atoms with E-state index in [1.807, 2.05) is 38.1 Å². The van der Waals surface area contributed by atoms with Crippen LogP contribution in [-0.4, -0.2) is 0 Å². The summed E-state index contributed by atoms with van der Waals surface area (Å²) in [7, 11) is 0. The molecule has 30 heavy (non-hydrogen) atoms. The number of nitrogens with zero attached hydrogens (tertiary/aromatic N) is 4. The van der Waals surface area contributed by atoms with E-state index in [1.54, 1.807) is 12.1 Å². The zero-order valence-corrected chi connectivity index (χ0v) is 16.3. The maximum absolute atomic E-state index is 9.93. The van der Waals surface area contributed by atoms with Gasteiger partial charge in [-0.2, -0.15) is 15.8 Å². The largest absolute Gasteiger partial charge is 0.237 e. The number of aryl methyl sites for hydroxylation is 2. The van der Waals surface area contributed by atoms with Gasteiger partial charge in [-0.05, 0) is 58.5 Å². The van der Waals surface area contributed by atoms with Gasteiger partial charge in [-0.3, -0.25) is 0 Å². The molecule has 0 aliphatic heterocycles. The fourth-order valence-electron chi connectivity index (χ4n) is 4.81. The van der Waals surface area contributed by atoms with E-state index < -0.39 is 0 Å². The number of benzene rings is 5. The average molecular weight is 380 g/mol. The van der Waals surface area contributed by atoms with Crippen molar-refractivity contribution in [3.63, 3.8) is 0 Å². The molecule has 4 heteroatoms. The van der Waals surface area contributed by atoms with Crippen molar-refractivity contribution in [2.75, 3.05) is 0 Å². The van der Waals surface area contributed by atoms with Crippen molar-refractivity contribution in [2.24, 2.45) is 0 Å². The molecule has 5 aromatic carbocycles. The third kappa shape index (κ3) is 1.95. The monoisotopic (exact) mass is 380 g/mol. The van der Waals surface area contributed by atoms with Gasteiger partial charge < -0.3 is 0 Å². The van der Waals surface area contributed by atoms with E-state index in [2.05, 4.69) is 23.1 Å². The Kier molecular flexibility index (Phi) is 3.45. The molecule has 0 N–H and O–H groups in total. The summed E-state index contributed by atoms with van der Waals surface area (Å²) in [5.41, 5.74) is 3.69. The van der Waals surface area contributed by atoms with E-state index in [1.165, 1.54) is 0 Å². The summed E-state index contributed by atoms with van der Waals surface area (Å²) in [5, 5.41) is 35.9. The molecule has 0 aromatic heterocycles. The molecule has 0 unspecified atom stereocenters. The molecule has 0 bridgehead atoms. The van der Waals surface area contributed by atoms with E-state index >= 15 is 0 Å². The summed E-state index contributed by atoms with van der Waals surface area (Å²) >= 11 is 0. The summed E-state index contributed by atoms with van der Waals surface area (Å²) in [4.78, 5) is 3.78. The average Bonchev–Trinajstić information content (AvgIpc) is 2.77. The second-order valence-electron chi connectivity index (χ2n) is 7.47. The quantitative estimate of drug-likeness (QED) is 0.174. The Hall–Kier alpha value is -4.64. The number of rotatable bonds is 0. The molecule has 0 fully saturated rings. The van der Waals surface area contributed by atoms with E-state index in [0.717, 1.165) is 54.2 Å². The zero-order chi connectivity index (χ0) is 21.2. The molecule has 0 aliphatic carbocycles. The van der Waals surface area contributed by atoms with E-state index in [-0.39, 0.29) is 0 Å². The van der Waals surface area contributed by atoms with Gasteiger partial charge in [0.2, 0.25) is 0 Å². The van der Waals surface area contributed by atoms with E-state index in [9.17, 15) is 15.8 Å². The minimum absolute atomic E-state index is 0.403. The lowest BCUT2D eigenvalue weighted by Gasteiger charge is -2.19. The lowest BCUT2D eigenvalue weighted by molar-refractivity contribution is 1.46. The summed E-state index contributed by atoms with van der Waals surface area (Å²) in [6.07, 6.45) is 0. The van der Waals surface area contributed by atoms with Crippen LogP contribution in [0.3, 0.4) is 0 Å². The van der Waals surface area contributed by atoms with Crippen LogP contribution in [-0.2, 0) is 0 Å². The minimum atomic E-state index is 0.403. The number of hydrogen-bond acceptors (Lipinski definition) is 3. The molecular formula is C26H12N4. The van der Waals surface area contributed by atoms with Gasteiger partial charge in [-0.15, -0.1) is 0 Å². The highest BCUT2D eigenvalue weighted by Crippen LogP contribution is 2.48. The lowest BCUT2D eigenvalue weighted by atomic mass is 9.83. The van der Waals surface area contributed by atoms with Crippen LogP contribution >= 0.6 is 0 Å². The molecule has 0 atom stereocenters. The highest BCUT2D eigenvalue weighted by atomic mass is 14.6. The smallest absolute Gasteiger partial charge is 0.195 e. The predicted octanol–water partition coefficient (Wildman–Crippen LogP) is 6.52. The fourth-order valence-corrected chi connectivity index (χ4v) is 4.81. The molecule has 0 aliphatic rings. The van der Waals surface area contributed by atoms with Gasteiger partial charge in [0.15, 0.2) is 5.69 Å². The van der Waals surface area contributed by atoms with Crippen LogP contribution in [0.15, 0.2) is 36.4 Å².